The minimum Gasteiger partial charge on any atom is -0.497 e. The predicted octanol–water partition coefficient (Wildman–Crippen LogP) is 3.78. The van der Waals surface area contributed by atoms with Crippen LogP contribution < -0.4 is 4.74 Å². The SMILES string of the molecule is COc1ccc(C(Br)C(=O)c2nc(C)cs2)cc1. The Labute approximate surface area is 118 Å². The van der Waals surface area contributed by atoms with Crippen molar-refractivity contribution < 1.29 is 9.53 Å². The van der Waals surface area contributed by atoms with Gasteiger partial charge in [0.25, 0.3) is 0 Å². The molecule has 2 rings (SSSR count). The van der Waals surface area contributed by atoms with Gasteiger partial charge in [0.15, 0.2) is 5.01 Å². The Kier molecular flexibility index (Phi) is 4.14. The lowest BCUT2D eigenvalue weighted by Crippen LogP contribution is -2.06. The molecule has 0 fully saturated rings. The van der Waals surface area contributed by atoms with Crippen LogP contribution in [0.2, 0.25) is 0 Å². The van der Waals surface area contributed by atoms with Crippen molar-refractivity contribution in [3.63, 3.8) is 0 Å². The van der Waals surface area contributed by atoms with Crippen LogP contribution in [0.1, 0.15) is 25.9 Å². The summed E-state index contributed by atoms with van der Waals surface area (Å²) in [6.07, 6.45) is 0. The van der Waals surface area contributed by atoms with E-state index in [0.717, 1.165) is 17.0 Å². The lowest BCUT2D eigenvalue weighted by Gasteiger charge is -2.08. The third kappa shape index (κ3) is 2.79. The van der Waals surface area contributed by atoms with E-state index >= 15 is 0 Å². The van der Waals surface area contributed by atoms with E-state index in [0.29, 0.717) is 5.01 Å². The summed E-state index contributed by atoms with van der Waals surface area (Å²) in [7, 11) is 1.62. The number of carbonyl (C=O) groups is 1. The highest BCUT2D eigenvalue weighted by molar-refractivity contribution is 9.09. The van der Waals surface area contributed by atoms with Crippen molar-refractivity contribution in [1.29, 1.82) is 0 Å². The van der Waals surface area contributed by atoms with Crippen LogP contribution >= 0.6 is 27.3 Å². The molecule has 1 aromatic heterocycles. The van der Waals surface area contributed by atoms with Crippen LogP contribution in [0.25, 0.3) is 0 Å². The highest BCUT2D eigenvalue weighted by Gasteiger charge is 2.21. The Bertz CT molecular complexity index is 550. The Morgan fingerprint density at radius 3 is 2.56 bits per heavy atom. The number of thiazole rings is 1. The predicted molar refractivity (Wildman–Crippen MR) is 75.8 cm³/mol. The minimum atomic E-state index is -0.367. The number of nitrogens with zero attached hydrogens (tertiary/aromatic N) is 1. The van der Waals surface area contributed by atoms with Gasteiger partial charge >= 0.3 is 0 Å². The van der Waals surface area contributed by atoms with Gasteiger partial charge in [0.2, 0.25) is 5.78 Å². The fourth-order valence-corrected chi connectivity index (χ4v) is 2.94. The fraction of sp³-hybridized carbons (Fsp3) is 0.231. The van der Waals surface area contributed by atoms with Gasteiger partial charge in [0.1, 0.15) is 10.6 Å². The number of Topliss-reactive ketones (excluding diaryl/α,β-unsaturated/α-hetero) is 1. The average Bonchev–Trinajstić information content (AvgIpc) is 2.84. The molecule has 1 unspecified atom stereocenters. The van der Waals surface area contributed by atoms with E-state index < -0.39 is 0 Å². The molecule has 3 nitrogen and oxygen atoms in total. The van der Waals surface area contributed by atoms with Crippen LogP contribution in [0.3, 0.4) is 0 Å². The molecular formula is C13H12BrNO2S. The molecule has 0 amide bonds. The van der Waals surface area contributed by atoms with Gasteiger partial charge in [-0.1, -0.05) is 28.1 Å². The van der Waals surface area contributed by atoms with Gasteiger partial charge in [0, 0.05) is 11.1 Å². The van der Waals surface area contributed by atoms with Crippen molar-refractivity contribution >= 4 is 33.0 Å². The second-order valence-electron chi connectivity index (χ2n) is 3.79. The molecule has 0 aliphatic rings. The summed E-state index contributed by atoms with van der Waals surface area (Å²) in [6, 6.07) is 7.42. The van der Waals surface area contributed by atoms with E-state index in [1.165, 1.54) is 11.3 Å². The molecule has 0 aliphatic carbocycles. The van der Waals surface area contributed by atoms with Crippen LogP contribution in [0.5, 0.6) is 5.75 Å². The summed E-state index contributed by atoms with van der Waals surface area (Å²) in [6.45, 7) is 1.88. The van der Waals surface area contributed by atoms with E-state index in [4.69, 9.17) is 4.74 Å². The third-order valence-corrected chi connectivity index (χ3v) is 4.39. The maximum absolute atomic E-state index is 12.2. The monoisotopic (exact) mass is 325 g/mol. The number of benzene rings is 1. The number of ketones is 1. The standard InChI is InChI=1S/C13H12BrNO2S/c1-8-7-18-13(15-8)12(16)11(14)9-3-5-10(17-2)6-4-9/h3-7,11H,1-2H3. The zero-order valence-electron chi connectivity index (χ0n) is 10.0. The summed E-state index contributed by atoms with van der Waals surface area (Å²) in [5.74, 6) is 0.759. The molecule has 0 saturated heterocycles. The number of aryl methyl sites for hydroxylation is 1. The number of hydrogen-bond acceptors (Lipinski definition) is 4. The van der Waals surface area contributed by atoms with Gasteiger partial charge in [-0.3, -0.25) is 4.79 Å². The number of alkyl halides is 1. The lowest BCUT2D eigenvalue weighted by molar-refractivity contribution is 0.0991. The maximum atomic E-state index is 12.2. The average molecular weight is 326 g/mol. The van der Waals surface area contributed by atoms with Gasteiger partial charge in [0.05, 0.1) is 7.11 Å². The van der Waals surface area contributed by atoms with E-state index in [-0.39, 0.29) is 10.6 Å². The molecule has 0 aliphatic heterocycles. The van der Waals surface area contributed by atoms with Crippen LogP contribution in [0.4, 0.5) is 0 Å². The smallest absolute Gasteiger partial charge is 0.209 e. The Morgan fingerprint density at radius 1 is 1.39 bits per heavy atom. The third-order valence-electron chi connectivity index (χ3n) is 2.47. The normalized spacial score (nSPS) is 12.2. The Balaban J connectivity index is 2.19. The van der Waals surface area contributed by atoms with Crippen molar-refractivity contribution in [2.24, 2.45) is 0 Å². The highest BCUT2D eigenvalue weighted by Crippen LogP contribution is 2.29. The largest absolute Gasteiger partial charge is 0.497 e. The van der Waals surface area contributed by atoms with Crippen molar-refractivity contribution in [2.45, 2.75) is 11.8 Å². The van der Waals surface area contributed by atoms with E-state index in [9.17, 15) is 4.79 Å². The van der Waals surface area contributed by atoms with Crippen molar-refractivity contribution in [1.82, 2.24) is 4.98 Å². The van der Waals surface area contributed by atoms with Gasteiger partial charge in [-0.15, -0.1) is 11.3 Å². The summed E-state index contributed by atoms with van der Waals surface area (Å²) in [5, 5.41) is 2.41. The van der Waals surface area contributed by atoms with E-state index in [1.54, 1.807) is 7.11 Å². The molecule has 1 aromatic carbocycles. The summed E-state index contributed by atoms with van der Waals surface area (Å²) in [5.41, 5.74) is 1.77. The highest BCUT2D eigenvalue weighted by atomic mass is 79.9. The first kappa shape index (κ1) is 13.2. The molecule has 1 heterocycles. The second kappa shape index (κ2) is 5.63. The van der Waals surface area contributed by atoms with Gasteiger partial charge in [-0.25, -0.2) is 4.98 Å². The van der Waals surface area contributed by atoms with E-state index in [1.807, 2.05) is 36.6 Å². The molecule has 0 N–H and O–H groups in total. The lowest BCUT2D eigenvalue weighted by atomic mass is 10.1. The van der Waals surface area contributed by atoms with Crippen LogP contribution in [0.15, 0.2) is 29.6 Å². The second-order valence-corrected chi connectivity index (χ2v) is 5.57. The summed E-state index contributed by atoms with van der Waals surface area (Å²) >= 11 is 4.79. The first-order valence-electron chi connectivity index (χ1n) is 5.36. The van der Waals surface area contributed by atoms with Gasteiger partial charge < -0.3 is 4.74 Å². The van der Waals surface area contributed by atoms with Crippen molar-refractivity contribution in [2.75, 3.05) is 7.11 Å². The number of halogens is 1. The zero-order chi connectivity index (χ0) is 13.1. The minimum absolute atomic E-state index is 0.0155. The molecule has 18 heavy (non-hydrogen) atoms. The molecule has 0 radical (unpaired) electrons. The molecular weight excluding hydrogens is 314 g/mol. The molecule has 0 saturated carbocycles. The molecule has 1 atom stereocenters. The van der Waals surface area contributed by atoms with Crippen LogP contribution in [0, 0.1) is 6.92 Å². The first-order valence-corrected chi connectivity index (χ1v) is 7.15. The Morgan fingerprint density at radius 2 is 2.06 bits per heavy atom. The molecule has 5 heteroatoms. The van der Waals surface area contributed by atoms with Crippen LogP contribution in [-0.2, 0) is 0 Å². The fourth-order valence-electron chi connectivity index (χ4n) is 1.50. The van der Waals surface area contributed by atoms with Gasteiger partial charge in [-0.2, -0.15) is 0 Å². The molecule has 2 aromatic rings. The first-order chi connectivity index (χ1) is 8.61. The topological polar surface area (TPSA) is 39.2 Å². The number of hydrogen-bond donors (Lipinski definition) is 0. The molecule has 94 valence electrons. The number of ether oxygens (including phenoxy) is 1. The van der Waals surface area contributed by atoms with Crippen molar-refractivity contribution in [3.05, 3.63) is 45.9 Å². The molecule has 0 bridgehead atoms. The maximum Gasteiger partial charge on any atom is 0.209 e. The molecule has 0 spiro atoms. The number of methoxy groups -OCH3 is 1. The Hall–Kier alpha value is -1.20. The van der Waals surface area contributed by atoms with E-state index in [2.05, 4.69) is 20.9 Å². The number of aromatic nitrogens is 1. The quantitative estimate of drug-likeness (QED) is 0.634. The summed E-state index contributed by atoms with van der Waals surface area (Å²) in [4.78, 5) is 16.0. The summed E-state index contributed by atoms with van der Waals surface area (Å²) < 4.78 is 5.09. The number of carbonyl (C=O) groups excluding carboxylic acids is 1. The number of rotatable bonds is 4. The van der Waals surface area contributed by atoms with Crippen molar-refractivity contribution in [3.8, 4) is 5.75 Å². The van der Waals surface area contributed by atoms with Gasteiger partial charge in [-0.05, 0) is 24.6 Å². The van der Waals surface area contributed by atoms with Crippen LogP contribution in [-0.4, -0.2) is 17.9 Å². The zero-order valence-corrected chi connectivity index (χ0v) is 12.4.